The summed E-state index contributed by atoms with van der Waals surface area (Å²) in [5.41, 5.74) is 4.22. The molecule has 1 aliphatic carbocycles. The van der Waals surface area contributed by atoms with Crippen molar-refractivity contribution in [2.75, 3.05) is 11.1 Å². The molecular weight excluding hydrogens is 245 g/mol. The summed E-state index contributed by atoms with van der Waals surface area (Å²) in [6.45, 7) is 0. The molecule has 0 bridgehead atoms. The van der Waals surface area contributed by atoms with E-state index in [4.69, 9.17) is 5.73 Å². The van der Waals surface area contributed by atoms with E-state index >= 15 is 0 Å². The summed E-state index contributed by atoms with van der Waals surface area (Å²) in [4.78, 5) is 11.6. The third-order valence-corrected chi connectivity index (χ3v) is 3.08. The van der Waals surface area contributed by atoms with Gasteiger partial charge in [0.15, 0.2) is 0 Å². The summed E-state index contributed by atoms with van der Waals surface area (Å²) in [5.74, 6) is -0.514. The molecule has 0 spiro atoms. The Morgan fingerprint density at radius 1 is 1.33 bits per heavy atom. The van der Waals surface area contributed by atoms with E-state index in [1.807, 2.05) is 0 Å². The molecule has 0 radical (unpaired) electrons. The van der Waals surface area contributed by atoms with Gasteiger partial charge in [0.1, 0.15) is 0 Å². The van der Waals surface area contributed by atoms with Crippen LogP contribution in [0.15, 0.2) is 18.2 Å². The van der Waals surface area contributed by atoms with Crippen molar-refractivity contribution in [2.24, 2.45) is 5.92 Å². The summed E-state index contributed by atoms with van der Waals surface area (Å²) in [7, 11) is 0. The van der Waals surface area contributed by atoms with E-state index in [-0.39, 0.29) is 23.2 Å². The van der Waals surface area contributed by atoms with Gasteiger partial charge in [0, 0.05) is 11.6 Å². The van der Waals surface area contributed by atoms with Gasteiger partial charge in [0.2, 0.25) is 5.91 Å². The monoisotopic (exact) mass is 258 g/mol. The Morgan fingerprint density at radius 2 is 2.00 bits per heavy atom. The maximum atomic E-state index is 12.8. The molecule has 1 fully saturated rings. The smallest absolute Gasteiger partial charge is 0.399 e. The van der Waals surface area contributed by atoms with Crippen molar-refractivity contribution >= 4 is 17.3 Å². The van der Waals surface area contributed by atoms with Gasteiger partial charge >= 0.3 is 6.18 Å². The molecule has 0 atom stereocenters. The summed E-state index contributed by atoms with van der Waals surface area (Å²) in [5, 5.41) is 2.33. The minimum absolute atomic E-state index is 0.0176. The molecule has 0 saturated heterocycles. The van der Waals surface area contributed by atoms with E-state index in [9.17, 15) is 18.0 Å². The van der Waals surface area contributed by atoms with Gasteiger partial charge in [-0.25, -0.2) is 0 Å². The topological polar surface area (TPSA) is 55.1 Å². The first kappa shape index (κ1) is 12.7. The molecule has 0 unspecified atom stereocenters. The number of carbonyl (C=O) groups is 1. The highest BCUT2D eigenvalue weighted by Crippen LogP contribution is 2.37. The SMILES string of the molecule is Nc1ccc(NC(=O)C2CCC2)c(C(F)(F)F)c1. The Balaban J connectivity index is 2.23. The first-order valence-corrected chi connectivity index (χ1v) is 5.65. The van der Waals surface area contributed by atoms with Crippen molar-refractivity contribution in [3.8, 4) is 0 Å². The fraction of sp³-hybridized carbons (Fsp3) is 0.417. The summed E-state index contributed by atoms with van der Waals surface area (Å²) < 4.78 is 38.3. The predicted octanol–water partition coefficient (Wildman–Crippen LogP) is 3.03. The molecular formula is C12H13F3N2O. The van der Waals surface area contributed by atoms with Crippen LogP contribution < -0.4 is 11.1 Å². The zero-order valence-corrected chi connectivity index (χ0v) is 9.55. The first-order valence-electron chi connectivity index (χ1n) is 5.65. The highest BCUT2D eigenvalue weighted by Gasteiger charge is 2.35. The third kappa shape index (κ3) is 2.57. The Labute approximate surface area is 102 Å². The molecule has 2 rings (SSSR count). The molecule has 1 amide bonds. The normalized spacial score (nSPS) is 16.2. The van der Waals surface area contributed by atoms with Crippen LogP contribution in [0.5, 0.6) is 0 Å². The van der Waals surface area contributed by atoms with Crippen LogP contribution in [-0.2, 0) is 11.0 Å². The van der Waals surface area contributed by atoms with Gasteiger partial charge in [-0.15, -0.1) is 0 Å². The fourth-order valence-corrected chi connectivity index (χ4v) is 1.81. The number of nitrogen functional groups attached to an aromatic ring is 1. The maximum Gasteiger partial charge on any atom is 0.418 e. The average Bonchev–Trinajstić information content (AvgIpc) is 2.16. The van der Waals surface area contributed by atoms with Crippen LogP contribution in [0.1, 0.15) is 24.8 Å². The van der Waals surface area contributed by atoms with Crippen LogP contribution in [-0.4, -0.2) is 5.91 Å². The second kappa shape index (κ2) is 4.51. The lowest BCUT2D eigenvalue weighted by Crippen LogP contribution is -2.29. The van der Waals surface area contributed by atoms with E-state index in [2.05, 4.69) is 5.32 Å². The van der Waals surface area contributed by atoms with Crippen LogP contribution in [0, 0.1) is 5.92 Å². The molecule has 18 heavy (non-hydrogen) atoms. The molecule has 1 aromatic carbocycles. The minimum atomic E-state index is -4.53. The molecule has 0 heterocycles. The Bertz CT molecular complexity index is 467. The van der Waals surface area contributed by atoms with E-state index in [1.165, 1.54) is 12.1 Å². The van der Waals surface area contributed by atoms with Gasteiger partial charge in [0.25, 0.3) is 0 Å². The van der Waals surface area contributed by atoms with Gasteiger partial charge in [0.05, 0.1) is 11.3 Å². The number of carbonyl (C=O) groups excluding carboxylic acids is 1. The number of alkyl halides is 3. The average molecular weight is 258 g/mol. The number of nitrogens with one attached hydrogen (secondary N) is 1. The molecule has 1 aromatic rings. The van der Waals surface area contributed by atoms with Gasteiger partial charge in [-0.2, -0.15) is 13.2 Å². The number of hydrogen-bond donors (Lipinski definition) is 2. The zero-order valence-electron chi connectivity index (χ0n) is 9.55. The summed E-state index contributed by atoms with van der Waals surface area (Å²) in [6.07, 6.45) is -2.10. The van der Waals surface area contributed by atoms with Crippen LogP contribution >= 0.6 is 0 Å². The van der Waals surface area contributed by atoms with Crippen LogP contribution in [0.25, 0.3) is 0 Å². The number of benzene rings is 1. The number of anilines is 2. The Morgan fingerprint density at radius 3 is 2.50 bits per heavy atom. The Kier molecular flexibility index (Phi) is 3.19. The van der Waals surface area contributed by atoms with E-state index in [0.717, 1.165) is 25.3 Å². The van der Waals surface area contributed by atoms with Gasteiger partial charge in [-0.1, -0.05) is 6.42 Å². The molecule has 98 valence electrons. The molecule has 1 aliphatic rings. The molecule has 0 aromatic heterocycles. The lowest BCUT2D eigenvalue weighted by Gasteiger charge is -2.25. The summed E-state index contributed by atoms with van der Waals surface area (Å²) in [6, 6.07) is 3.36. The highest BCUT2D eigenvalue weighted by molar-refractivity contribution is 5.94. The number of rotatable bonds is 2. The van der Waals surface area contributed by atoms with Crippen LogP contribution in [0.4, 0.5) is 24.5 Å². The van der Waals surface area contributed by atoms with Gasteiger partial charge in [-0.05, 0) is 31.0 Å². The van der Waals surface area contributed by atoms with Gasteiger partial charge in [-0.3, -0.25) is 4.79 Å². The number of halogens is 3. The lowest BCUT2D eigenvalue weighted by molar-refractivity contribution is -0.137. The fourth-order valence-electron chi connectivity index (χ4n) is 1.81. The zero-order chi connectivity index (χ0) is 13.3. The number of hydrogen-bond acceptors (Lipinski definition) is 2. The van der Waals surface area contributed by atoms with E-state index in [0.29, 0.717) is 0 Å². The number of nitrogens with two attached hydrogens (primary N) is 1. The second-order valence-electron chi connectivity index (χ2n) is 4.42. The van der Waals surface area contributed by atoms with Crippen molar-refractivity contribution < 1.29 is 18.0 Å². The molecule has 6 heteroatoms. The molecule has 3 N–H and O–H groups in total. The largest absolute Gasteiger partial charge is 0.418 e. The van der Waals surface area contributed by atoms with Crippen molar-refractivity contribution in [3.63, 3.8) is 0 Å². The standard InChI is InChI=1S/C12H13F3N2O/c13-12(14,15)9-6-8(16)4-5-10(9)17-11(18)7-2-1-3-7/h4-7H,1-3,16H2,(H,17,18). The quantitative estimate of drug-likeness (QED) is 0.801. The molecule has 1 saturated carbocycles. The maximum absolute atomic E-state index is 12.8. The predicted molar refractivity (Wildman–Crippen MR) is 61.8 cm³/mol. The Hall–Kier alpha value is -1.72. The van der Waals surface area contributed by atoms with Crippen molar-refractivity contribution in [2.45, 2.75) is 25.4 Å². The van der Waals surface area contributed by atoms with Crippen molar-refractivity contribution in [1.29, 1.82) is 0 Å². The van der Waals surface area contributed by atoms with E-state index in [1.54, 1.807) is 0 Å². The minimum Gasteiger partial charge on any atom is -0.399 e. The van der Waals surface area contributed by atoms with Crippen molar-refractivity contribution in [3.05, 3.63) is 23.8 Å². The van der Waals surface area contributed by atoms with E-state index < -0.39 is 11.7 Å². The molecule has 3 nitrogen and oxygen atoms in total. The second-order valence-corrected chi connectivity index (χ2v) is 4.42. The lowest BCUT2D eigenvalue weighted by atomic mass is 9.85. The van der Waals surface area contributed by atoms with Crippen LogP contribution in [0.2, 0.25) is 0 Å². The molecule has 0 aliphatic heterocycles. The summed E-state index contributed by atoms with van der Waals surface area (Å²) >= 11 is 0. The highest BCUT2D eigenvalue weighted by atomic mass is 19.4. The first-order chi connectivity index (χ1) is 8.38. The van der Waals surface area contributed by atoms with Crippen molar-refractivity contribution in [1.82, 2.24) is 0 Å². The van der Waals surface area contributed by atoms with Gasteiger partial charge < -0.3 is 11.1 Å². The number of amides is 1. The third-order valence-electron chi connectivity index (χ3n) is 3.08. The van der Waals surface area contributed by atoms with Crippen LogP contribution in [0.3, 0.4) is 0 Å².